The van der Waals surface area contributed by atoms with Gasteiger partial charge in [-0.05, 0) is 25.0 Å². The summed E-state index contributed by atoms with van der Waals surface area (Å²) in [6.45, 7) is 5.84. The molecule has 0 saturated heterocycles. The number of rotatable bonds is 2. The highest BCUT2D eigenvalue weighted by Gasteiger charge is 2.15. The van der Waals surface area contributed by atoms with E-state index in [1.807, 2.05) is 11.1 Å². The number of hydrogen-bond donors (Lipinski definition) is 0. The third-order valence-corrected chi connectivity index (χ3v) is 2.62. The van der Waals surface area contributed by atoms with Crippen molar-refractivity contribution >= 4 is 5.57 Å². The number of benzene rings is 1. The van der Waals surface area contributed by atoms with Gasteiger partial charge >= 0.3 is 0 Å². The predicted octanol–water partition coefficient (Wildman–Crippen LogP) is 2.73. The molecule has 2 heteroatoms. The van der Waals surface area contributed by atoms with Crippen LogP contribution in [0.1, 0.15) is 19.4 Å². The van der Waals surface area contributed by atoms with Crippen molar-refractivity contribution in [2.24, 2.45) is 0 Å². The molecule has 0 N–H and O–H groups in total. The highest BCUT2D eigenvalue weighted by molar-refractivity contribution is 5.66. The minimum absolute atomic E-state index is 0.443. The van der Waals surface area contributed by atoms with Gasteiger partial charge in [-0.2, -0.15) is 5.06 Å². The van der Waals surface area contributed by atoms with Crippen molar-refractivity contribution in [3.05, 3.63) is 42.0 Å². The monoisotopic (exact) mass is 203 g/mol. The fraction of sp³-hybridized carbons (Fsp3) is 0.385. The van der Waals surface area contributed by atoms with Gasteiger partial charge < -0.3 is 0 Å². The third kappa shape index (κ3) is 2.46. The second-order valence-corrected chi connectivity index (χ2v) is 4.06. The van der Waals surface area contributed by atoms with Gasteiger partial charge in [0.1, 0.15) is 0 Å². The summed E-state index contributed by atoms with van der Waals surface area (Å²) in [6.07, 6.45) is 2.25. The van der Waals surface area contributed by atoms with Crippen molar-refractivity contribution < 1.29 is 4.84 Å². The van der Waals surface area contributed by atoms with E-state index in [-0.39, 0.29) is 0 Å². The first kappa shape index (κ1) is 10.4. The van der Waals surface area contributed by atoms with E-state index in [0.29, 0.717) is 12.6 Å². The van der Waals surface area contributed by atoms with Gasteiger partial charge in [0, 0.05) is 12.6 Å². The molecule has 80 valence electrons. The van der Waals surface area contributed by atoms with Crippen molar-refractivity contribution in [3.8, 4) is 0 Å². The summed E-state index contributed by atoms with van der Waals surface area (Å²) in [5.41, 5.74) is 2.55. The standard InChI is InChI=1S/C13H17NO/c1-11(2)14-9-8-13(10-15-14)12-6-4-3-5-7-12/h3-8,11H,9-10H2,1-2H3. The fourth-order valence-electron chi connectivity index (χ4n) is 1.68. The molecule has 0 saturated carbocycles. The Kier molecular flexibility index (Phi) is 3.19. The van der Waals surface area contributed by atoms with Crippen molar-refractivity contribution in [1.82, 2.24) is 5.06 Å². The highest BCUT2D eigenvalue weighted by atomic mass is 16.7. The van der Waals surface area contributed by atoms with E-state index in [4.69, 9.17) is 4.84 Å². The summed E-state index contributed by atoms with van der Waals surface area (Å²) in [5, 5.41) is 2.01. The third-order valence-electron chi connectivity index (χ3n) is 2.62. The minimum atomic E-state index is 0.443. The Morgan fingerprint density at radius 2 is 1.93 bits per heavy atom. The van der Waals surface area contributed by atoms with Crippen LogP contribution in [0.3, 0.4) is 0 Å². The topological polar surface area (TPSA) is 12.5 Å². The summed E-state index contributed by atoms with van der Waals surface area (Å²) in [6, 6.07) is 10.9. The molecule has 1 aromatic rings. The van der Waals surface area contributed by atoms with Crippen LogP contribution < -0.4 is 0 Å². The molecule has 0 radical (unpaired) electrons. The Hall–Kier alpha value is -1.12. The van der Waals surface area contributed by atoms with Crippen molar-refractivity contribution in [3.63, 3.8) is 0 Å². The molecule has 1 aromatic carbocycles. The van der Waals surface area contributed by atoms with Gasteiger partial charge in [0.25, 0.3) is 0 Å². The molecule has 1 aliphatic heterocycles. The van der Waals surface area contributed by atoms with Gasteiger partial charge in [0.2, 0.25) is 0 Å². The summed E-state index contributed by atoms with van der Waals surface area (Å²) in [7, 11) is 0. The maximum atomic E-state index is 5.67. The van der Waals surface area contributed by atoms with Crippen molar-refractivity contribution in [1.29, 1.82) is 0 Å². The lowest BCUT2D eigenvalue weighted by molar-refractivity contribution is -0.164. The smallest absolute Gasteiger partial charge is 0.0939 e. The number of hydrogen-bond acceptors (Lipinski definition) is 2. The molecule has 2 rings (SSSR count). The number of nitrogens with zero attached hydrogens (tertiary/aromatic N) is 1. The zero-order valence-corrected chi connectivity index (χ0v) is 9.31. The van der Waals surface area contributed by atoms with Crippen LogP contribution in [-0.2, 0) is 4.84 Å². The molecule has 0 unspecified atom stereocenters. The van der Waals surface area contributed by atoms with E-state index < -0.39 is 0 Å². The van der Waals surface area contributed by atoms with E-state index >= 15 is 0 Å². The maximum Gasteiger partial charge on any atom is 0.0939 e. The zero-order chi connectivity index (χ0) is 10.7. The molecule has 0 spiro atoms. The summed E-state index contributed by atoms with van der Waals surface area (Å²) in [5.74, 6) is 0. The Balaban J connectivity index is 2.09. The molecule has 0 aromatic heterocycles. The molecular weight excluding hydrogens is 186 g/mol. The molecule has 1 heterocycles. The molecule has 15 heavy (non-hydrogen) atoms. The molecule has 0 aliphatic carbocycles. The summed E-state index contributed by atoms with van der Waals surface area (Å²) < 4.78 is 0. The van der Waals surface area contributed by atoms with Crippen LogP contribution in [0.15, 0.2) is 36.4 Å². The zero-order valence-electron chi connectivity index (χ0n) is 9.31. The van der Waals surface area contributed by atoms with Crippen LogP contribution in [0.2, 0.25) is 0 Å². The van der Waals surface area contributed by atoms with Gasteiger partial charge in [-0.3, -0.25) is 4.84 Å². The van der Waals surface area contributed by atoms with Crippen LogP contribution in [0, 0.1) is 0 Å². The predicted molar refractivity (Wildman–Crippen MR) is 62.2 cm³/mol. The SMILES string of the molecule is CC(C)N1CC=C(c2ccccc2)CO1. The van der Waals surface area contributed by atoms with Gasteiger partial charge in [0.15, 0.2) is 0 Å². The first-order valence-corrected chi connectivity index (χ1v) is 5.41. The molecule has 0 bridgehead atoms. The molecular formula is C13H17NO. The van der Waals surface area contributed by atoms with Gasteiger partial charge in [-0.25, -0.2) is 0 Å². The minimum Gasteiger partial charge on any atom is -0.294 e. The first-order valence-electron chi connectivity index (χ1n) is 5.41. The molecule has 0 amide bonds. The summed E-state index contributed by atoms with van der Waals surface area (Å²) >= 11 is 0. The molecule has 0 fully saturated rings. The Bertz CT molecular complexity index is 343. The lowest BCUT2D eigenvalue weighted by Crippen LogP contribution is -2.34. The van der Waals surface area contributed by atoms with E-state index in [9.17, 15) is 0 Å². The van der Waals surface area contributed by atoms with E-state index in [2.05, 4.69) is 44.2 Å². The van der Waals surface area contributed by atoms with Crippen LogP contribution in [0.25, 0.3) is 5.57 Å². The second-order valence-electron chi connectivity index (χ2n) is 4.06. The average molecular weight is 203 g/mol. The molecule has 2 nitrogen and oxygen atoms in total. The van der Waals surface area contributed by atoms with Crippen LogP contribution >= 0.6 is 0 Å². The van der Waals surface area contributed by atoms with Gasteiger partial charge in [0.05, 0.1) is 6.61 Å². The van der Waals surface area contributed by atoms with Crippen LogP contribution in [0.4, 0.5) is 0 Å². The lowest BCUT2D eigenvalue weighted by atomic mass is 10.1. The average Bonchev–Trinajstić information content (AvgIpc) is 2.30. The van der Waals surface area contributed by atoms with Gasteiger partial charge in [-0.15, -0.1) is 0 Å². The largest absolute Gasteiger partial charge is 0.294 e. The maximum absolute atomic E-state index is 5.67. The van der Waals surface area contributed by atoms with Crippen LogP contribution in [0.5, 0.6) is 0 Å². The summed E-state index contributed by atoms with van der Waals surface area (Å²) in [4.78, 5) is 5.67. The van der Waals surface area contributed by atoms with Gasteiger partial charge in [-0.1, -0.05) is 36.4 Å². The van der Waals surface area contributed by atoms with E-state index in [1.165, 1.54) is 11.1 Å². The fourth-order valence-corrected chi connectivity index (χ4v) is 1.68. The lowest BCUT2D eigenvalue weighted by Gasteiger charge is -2.29. The Morgan fingerprint density at radius 1 is 1.20 bits per heavy atom. The van der Waals surface area contributed by atoms with Crippen LogP contribution in [-0.4, -0.2) is 24.3 Å². The second kappa shape index (κ2) is 4.60. The Labute approximate surface area is 91.1 Å². The normalized spacial score (nSPS) is 17.9. The van der Waals surface area contributed by atoms with Crippen molar-refractivity contribution in [2.45, 2.75) is 19.9 Å². The van der Waals surface area contributed by atoms with Crippen molar-refractivity contribution in [2.75, 3.05) is 13.2 Å². The van der Waals surface area contributed by atoms with E-state index in [0.717, 1.165) is 6.54 Å². The number of hydroxylamine groups is 2. The quantitative estimate of drug-likeness (QED) is 0.732. The first-order chi connectivity index (χ1) is 7.27. The highest BCUT2D eigenvalue weighted by Crippen LogP contribution is 2.19. The molecule has 0 atom stereocenters. The molecule has 1 aliphatic rings. The van der Waals surface area contributed by atoms with E-state index in [1.54, 1.807) is 0 Å². The Morgan fingerprint density at radius 3 is 2.47 bits per heavy atom.